The monoisotopic (exact) mass is 496 g/mol. The summed E-state index contributed by atoms with van der Waals surface area (Å²) < 4.78 is 17.6. The van der Waals surface area contributed by atoms with E-state index in [0.29, 0.717) is 6.61 Å². The van der Waals surface area contributed by atoms with Crippen LogP contribution in [0.5, 0.6) is 0 Å². The number of esters is 2. The second-order valence-electron chi connectivity index (χ2n) is 10.6. The summed E-state index contributed by atoms with van der Waals surface area (Å²) >= 11 is 0. The van der Waals surface area contributed by atoms with E-state index in [-0.39, 0.29) is 18.4 Å². The van der Waals surface area contributed by atoms with Gasteiger partial charge in [-0.1, -0.05) is 80.9 Å². The minimum atomic E-state index is -0.588. The van der Waals surface area contributed by atoms with E-state index in [9.17, 15) is 9.59 Å². The zero-order chi connectivity index (χ0) is 26.6. The van der Waals surface area contributed by atoms with Crippen LogP contribution in [0.3, 0.4) is 0 Å². The fourth-order valence-electron chi connectivity index (χ4n) is 4.29. The van der Waals surface area contributed by atoms with Crippen molar-refractivity contribution < 1.29 is 23.8 Å². The van der Waals surface area contributed by atoms with Crippen LogP contribution in [0.4, 0.5) is 0 Å². The number of carbonyl (C=O) groups is 2. The van der Waals surface area contributed by atoms with E-state index >= 15 is 0 Å². The summed E-state index contributed by atoms with van der Waals surface area (Å²) in [6.45, 7) is 11.8. The fraction of sp³-hybridized carbons (Fsp3) is 0.548. The molecule has 0 aromatic heterocycles. The van der Waals surface area contributed by atoms with Gasteiger partial charge in [0.1, 0.15) is 11.7 Å². The Labute approximate surface area is 217 Å². The summed E-state index contributed by atoms with van der Waals surface area (Å²) in [5.41, 5.74) is 1.93. The molecule has 0 radical (unpaired) electrons. The van der Waals surface area contributed by atoms with Gasteiger partial charge in [-0.05, 0) is 64.0 Å². The molecule has 5 heteroatoms. The molecule has 0 bridgehead atoms. The lowest BCUT2D eigenvalue weighted by molar-refractivity contribution is -0.169. The van der Waals surface area contributed by atoms with Gasteiger partial charge in [0.05, 0.1) is 18.4 Å². The smallest absolute Gasteiger partial charge is 0.309 e. The van der Waals surface area contributed by atoms with Gasteiger partial charge in [-0.2, -0.15) is 0 Å². The molecule has 4 atom stereocenters. The van der Waals surface area contributed by atoms with Gasteiger partial charge in [-0.3, -0.25) is 9.59 Å². The first-order valence-corrected chi connectivity index (χ1v) is 13.2. The van der Waals surface area contributed by atoms with E-state index in [4.69, 9.17) is 14.2 Å². The molecule has 0 unspecified atom stereocenters. The van der Waals surface area contributed by atoms with Crippen molar-refractivity contribution in [2.45, 2.75) is 91.5 Å². The lowest BCUT2D eigenvalue weighted by Gasteiger charge is -2.32. The van der Waals surface area contributed by atoms with Crippen LogP contribution in [-0.2, 0) is 36.6 Å². The van der Waals surface area contributed by atoms with Crippen molar-refractivity contribution in [3.63, 3.8) is 0 Å². The Kier molecular flexibility index (Phi) is 12.1. The average Bonchev–Trinajstić information content (AvgIpc) is 2.82. The Morgan fingerprint density at radius 3 is 2.03 bits per heavy atom. The summed E-state index contributed by atoms with van der Waals surface area (Å²) in [5.74, 6) is -1.20. The van der Waals surface area contributed by atoms with Crippen LogP contribution >= 0.6 is 0 Å². The molecular weight excluding hydrogens is 452 g/mol. The van der Waals surface area contributed by atoms with Gasteiger partial charge in [-0.15, -0.1) is 0 Å². The number of carbonyl (C=O) groups excluding carboxylic acids is 2. The van der Waals surface area contributed by atoms with Gasteiger partial charge in [0.15, 0.2) is 0 Å². The zero-order valence-electron chi connectivity index (χ0n) is 22.9. The highest BCUT2D eigenvalue weighted by Crippen LogP contribution is 2.24. The molecule has 2 aromatic carbocycles. The number of aryl methyl sites for hydroxylation is 1. The second kappa shape index (κ2) is 14.8. The normalized spacial score (nSPS) is 14.9. The summed E-state index contributed by atoms with van der Waals surface area (Å²) in [4.78, 5) is 25.0. The van der Waals surface area contributed by atoms with Crippen LogP contribution in [-0.4, -0.2) is 36.4 Å². The van der Waals surface area contributed by atoms with Gasteiger partial charge < -0.3 is 14.2 Å². The summed E-state index contributed by atoms with van der Waals surface area (Å²) in [6, 6.07) is 20.7. The highest BCUT2D eigenvalue weighted by atomic mass is 16.6. The van der Waals surface area contributed by atoms with Crippen LogP contribution in [0, 0.1) is 11.8 Å². The van der Waals surface area contributed by atoms with Gasteiger partial charge >= 0.3 is 11.9 Å². The van der Waals surface area contributed by atoms with Crippen LogP contribution in [0.25, 0.3) is 0 Å². The first kappa shape index (κ1) is 29.6. The summed E-state index contributed by atoms with van der Waals surface area (Å²) in [7, 11) is 0. The highest BCUT2D eigenvalue weighted by molar-refractivity contribution is 5.79. The molecule has 0 aliphatic carbocycles. The lowest BCUT2D eigenvalue weighted by Crippen LogP contribution is -2.39. The molecule has 198 valence electrons. The predicted molar refractivity (Wildman–Crippen MR) is 144 cm³/mol. The first-order chi connectivity index (χ1) is 17.1. The summed E-state index contributed by atoms with van der Waals surface area (Å²) in [6.07, 6.45) is 2.87. The van der Waals surface area contributed by atoms with Crippen molar-refractivity contribution in [2.24, 2.45) is 11.8 Å². The largest absolute Gasteiger partial charge is 0.460 e. The molecule has 2 aromatic rings. The third kappa shape index (κ3) is 10.9. The molecular formula is C31H44O5. The SMILES string of the molecule is CC[C@H](Cc1ccccc1)[C@@H](OCCCc1ccccc1)[C@H](C)OC(=O)[C@H](C)CC(=O)OC(C)(C)C. The Bertz CT molecular complexity index is 904. The topological polar surface area (TPSA) is 61.8 Å². The molecule has 0 heterocycles. The molecule has 5 nitrogen and oxygen atoms in total. The van der Waals surface area contributed by atoms with Gasteiger partial charge in [0.2, 0.25) is 0 Å². The second-order valence-corrected chi connectivity index (χ2v) is 10.6. The van der Waals surface area contributed by atoms with Crippen molar-refractivity contribution in [2.75, 3.05) is 6.61 Å². The number of benzene rings is 2. The Morgan fingerprint density at radius 2 is 1.47 bits per heavy atom. The molecule has 0 spiro atoms. The van der Waals surface area contributed by atoms with Gasteiger partial charge in [-0.25, -0.2) is 0 Å². The number of hydrogen-bond acceptors (Lipinski definition) is 5. The Morgan fingerprint density at radius 1 is 0.889 bits per heavy atom. The molecule has 0 saturated carbocycles. The molecule has 0 aliphatic heterocycles. The van der Waals surface area contributed by atoms with Gasteiger partial charge in [0.25, 0.3) is 0 Å². The lowest BCUT2D eigenvalue weighted by atomic mass is 9.89. The number of rotatable bonds is 14. The molecule has 0 saturated heterocycles. The van der Waals surface area contributed by atoms with E-state index in [1.54, 1.807) is 6.92 Å². The maximum Gasteiger partial charge on any atom is 0.309 e. The maximum atomic E-state index is 12.9. The fourth-order valence-corrected chi connectivity index (χ4v) is 4.29. The standard InChI is InChI=1S/C31H44O5/c1-7-27(22-26-17-12-9-13-18-26)29(34-20-14-19-25-15-10-8-11-16-25)24(3)35-30(33)23(2)21-28(32)36-31(4,5)6/h8-13,15-18,23-24,27,29H,7,14,19-22H2,1-6H3/t23-,24+,27-,29+/m1/s1. The van der Waals surface area contributed by atoms with E-state index in [2.05, 4.69) is 31.2 Å². The Hall–Kier alpha value is -2.66. The van der Waals surface area contributed by atoms with Crippen LogP contribution < -0.4 is 0 Å². The van der Waals surface area contributed by atoms with Crippen molar-refractivity contribution in [3.8, 4) is 0 Å². The molecule has 36 heavy (non-hydrogen) atoms. The van der Waals surface area contributed by atoms with Crippen molar-refractivity contribution in [1.29, 1.82) is 0 Å². The molecule has 0 aliphatic rings. The molecule has 0 amide bonds. The predicted octanol–water partition coefficient (Wildman–Crippen LogP) is 6.57. The van der Waals surface area contributed by atoms with E-state index in [1.165, 1.54) is 11.1 Å². The molecule has 0 N–H and O–H groups in total. The van der Waals surface area contributed by atoms with E-state index < -0.39 is 29.6 Å². The van der Waals surface area contributed by atoms with E-state index in [0.717, 1.165) is 25.7 Å². The van der Waals surface area contributed by atoms with Gasteiger partial charge in [0, 0.05) is 6.61 Å². The third-order valence-corrected chi connectivity index (χ3v) is 6.15. The first-order valence-electron chi connectivity index (χ1n) is 13.2. The average molecular weight is 497 g/mol. The summed E-state index contributed by atoms with van der Waals surface area (Å²) in [5, 5.41) is 0. The van der Waals surface area contributed by atoms with Crippen LogP contribution in [0.1, 0.15) is 71.9 Å². The maximum absolute atomic E-state index is 12.9. The molecule has 0 fully saturated rings. The molecule has 2 rings (SSSR count). The number of hydrogen-bond donors (Lipinski definition) is 0. The van der Waals surface area contributed by atoms with Crippen LogP contribution in [0.15, 0.2) is 60.7 Å². The highest BCUT2D eigenvalue weighted by Gasteiger charge is 2.31. The quantitative estimate of drug-likeness (QED) is 0.219. The zero-order valence-corrected chi connectivity index (χ0v) is 22.9. The van der Waals surface area contributed by atoms with Crippen molar-refractivity contribution in [3.05, 3.63) is 71.8 Å². The Balaban J connectivity index is 2.02. The van der Waals surface area contributed by atoms with Crippen molar-refractivity contribution >= 4 is 11.9 Å². The van der Waals surface area contributed by atoms with Crippen molar-refractivity contribution in [1.82, 2.24) is 0 Å². The van der Waals surface area contributed by atoms with E-state index in [1.807, 2.05) is 64.1 Å². The minimum absolute atomic E-state index is 0.00730. The third-order valence-electron chi connectivity index (χ3n) is 6.15. The minimum Gasteiger partial charge on any atom is -0.460 e. The van der Waals surface area contributed by atoms with Crippen LogP contribution in [0.2, 0.25) is 0 Å². The number of ether oxygens (including phenoxy) is 3.